The topological polar surface area (TPSA) is 94.8 Å². The van der Waals surface area contributed by atoms with Crippen LogP contribution in [0.2, 0.25) is 0 Å². The lowest BCUT2D eigenvalue weighted by molar-refractivity contribution is -0.141. The first-order valence-electron chi connectivity index (χ1n) is 10.9. The molecule has 0 aliphatic rings. The number of esters is 1. The Morgan fingerprint density at radius 1 is 1.09 bits per heavy atom. The molecule has 1 heterocycles. The molecule has 0 aliphatic carbocycles. The molecule has 0 aliphatic heterocycles. The molecule has 0 spiro atoms. The Morgan fingerprint density at radius 3 is 2.55 bits per heavy atom. The van der Waals surface area contributed by atoms with E-state index >= 15 is 0 Å². The Hall–Kier alpha value is -2.78. The summed E-state index contributed by atoms with van der Waals surface area (Å²) < 4.78 is 32.2. The Labute approximate surface area is 197 Å². The van der Waals surface area contributed by atoms with Crippen LogP contribution < -0.4 is 4.80 Å². The molecule has 0 N–H and O–H groups in total. The van der Waals surface area contributed by atoms with Gasteiger partial charge in [-0.25, -0.2) is 8.42 Å². The Morgan fingerprint density at radius 2 is 1.85 bits per heavy atom. The van der Waals surface area contributed by atoms with Gasteiger partial charge in [0.05, 0.1) is 28.0 Å². The van der Waals surface area contributed by atoms with Crippen LogP contribution in [0, 0.1) is 0 Å². The third-order valence-electron chi connectivity index (χ3n) is 5.21. The van der Waals surface area contributed by atoms with Crippen molar-refractivity contribution >= 4 is 43.3 Å². The molecule has 3 aromatic rings. The number of unbranched alkanes of at least 4 members (excludes halogenated alkanes) is 1. The van der Waals surface area contributed by atoms with Gasteiger partial charge in [-0.15, -0.1) is 0 Å². The van der Waals surface area contributed by atoms with Gasteiger partial charge in [-0.2, -0.15) is 4.99 Å². The third kappa shape index (κ3) is 6.61. The van der Waals surface area contributed by atoms with E-state index in [1.54, 1.807) is 34.9 Å². The highest BCUT2D eigenvalue weighted by molar-refractivity contribution is 7.91. The number of thiazole rings is 1. The maximum atomic E-state index is 12.5. The summed E-state index contributed by atoms with van der Waals surface area (Å²) in [6, 6.07) is 14.2. The number of carbonyl (C=O) groups is 2. The van der Waals surface area contributed by atoms with Gasteiger partial charge in [-0.05, 0) is 49.1 Å². The molecule has 1 amide bonds. The second-order valence-corrected chi connectivity index (χ2v) is 10.8. The number of hydrogen-bond donors (Lipinski definition) is 0. The molecule has 0 bridgehead atoms. The van der Waals surface area contributed by atoms with E-state index in [0.29, 0.717) is 4.80 Å². The van der Waals surface area contributed by atoms with Crippen LogP contribution in [-0.4, -0.2) is 37.7 Å². The van der Waals surface area contributed by atoms with Crippen molar-refractivity contribution in [3.8, 4) is 0 Å². The van der Waals surface area contributed by atoms with Gasteiger partial charge in [0.2, 0.25) is 5.91 Å². The SMILES string of the molecule is CCCCc1ccc2c(c1)sc(=NC(=O)CCCS(=O)(=O)c1ccccc1)n2CC(=O)OC. The van der Waals surface area contributed by atoms with Crippen LogP contribution in [-0.2, 0) is 37.1 Å². The van der Waals surface area contributed by atoms with Crippen LogP contribution in [0.5, 0.6) is 0 Å². The van der Waals surface area contributed by atoms with Crippen LogP contribution in [0.15, 0.2) is 58.4 Å². The molecular formula is C24H28N2O5S2. The second-order valence-electron chi connectivity index (χ2n) is 7.69. The molecule has 1 aromatic heterocycles. The maximum Gasteiger partial charge on any atom is 0.325 e. The molecular weight excluding hydrogens is 460 g/mol. The fourth-order valence-corrected chi connectivity index (χ4v) is 5.85. The normalized spacial score (nSPS) is 12.2. The fraction of sp³-hybridized carbons (Fsp3) is 0.375. The predicted molar refractivity (Wildman–Crippen MR) is 129 cm³/mol. The van der Waals surface area contributed by atoms with Crippen molar-refractivity contribution in [2.45, 2.75) is 50.5 Å². The van der Waals surface area contributed by atoms with Gasteiger partial charge in [0, 0.05) is 6.42 Å². The lowest BCUT2D eigenvalue weighted by Crippen LogP contribution is -2.22. The number of fused-ring (bicyclic) bond motifs is 1. The van der Waals surface area contributed by atoms with Crippen LogP contribution in [0.1, 0.15) is 38.2 Å². The van der Waals surface area contributed by atoms with E-state index in [1.807, 2.05) is 12.1 Å². The molecule has 3 rings (SSSR count). The minimum absolute atomic E-state index is 0.000281. The molecule has 2 aromatic carbocycles. The number of nitrogens with zero attached hydrogens (tertiary/aromatic N) is 2. The van der Waals surface area contributed by atoms with Crippen molar-refractivity contribution < 1.29 is 22.7 Å². The molecule has 33 heavy (non-hydrogen) atoms. The van der Waals surface area contributed by atoms with E-state index in [2.05, 4.69) is 18.0 Å². The van der Waals surface area contributed by atoms with Gasteiger partial charge < -0.3 is 9.30 Å². The summed E-state index contributed by atoms with van der Waals surface area (Å²) in [4.78, 5) is 29.4. The van der Waals surface area contributed by atoms with E-state index in [1.165, 1.54) is 24.0 Å². The number of rotatable bonds is 10. The van der Waals surface area contributed by atoms with E-state index in [4.69, 9.17) is 4.74 Å². The number of ether oxygens (including phenoxy) is 1. The molecule has 0 saturated heterocycles. The monoisotopic (exact) mass is 488 g/mol. The number of carbonyl (C=O) groups excluding carboxylic acids is 2. The Kier molecular flexibility index (Phi) is 8.57. The van der Waals surface area contributed by atoms with Gasteiger partial charge in [0.25, 0.3) is 0 Å². The van der Waals surface area contributed by atoms with E-state index in [9.17, 15) is 18.0 Å². The molecule has 176 valence electrons. The fourth-order valence-electron chi connectivity index (χ4n) is 3.41. The first-order valence-corrected chi connectivity index (χ1v) is 13.4. The van der Waals surface area contributed by atoms with E-state index in [0.717, 1.165) is 29.5 Å². The third-order valence-corrected chi connectivity index (χ3v) is 8.07. The zero-order chi connectivity index (χ0) is 23.8. The summed E-state index contributed by atoms with van der Waals surface area (Å²) in [5.74, 6) is -0.990. The summed E-state index contributed by atoms with van der Waals surface area (Å²) in [5.41, 5.74) is 2.00. The van der Waals surface area contributed by atoms with E-state index < -0.39 is 21.7 Å². The van der Waals surface area contributed by atoms with Crippen molar-refractivity contribution in [1.82, 2.24) is 4.57 Å². The molecule has 9 heteroatoms. The highest BCUT2D eigenvalue weighted by atomic mass is 32.2. The first kappa shape index (κ1) is 24.9. The summed E-state index contributed by atoms with van der Waals surface area (Å²) in [5, 5.41) is 0. The number of methoxy groups -OCH3 is 1. The predicted octanol–water partition coefficient (Wildman–Crippen LogP) is 3.90. The second kappa shape index (κ2) is 11.4. The van der Waals surface area contributed by atoms with E-state index in [-0.39, 0.29) is 30.0 Å². The average molecular weight is 489 g/mol. The standard InChI is InChI=1S/C24H28N2O5S2/c1-3-4-9-18-13-14-20-21(16-18)32-24(26(20)17-23(28)31-2)25-22(27)12-8-15-33(29,30)19-10-6-5-7-11-19/h5-7,10-11,13-14,16H,3-4,8-9,12,15,17H2,1-2H3. The lowest BCUT2D eigenvalue weighted by Gasteiger charge is -2.05. The van der Waals surface area contributed by atoms with Crippen LogP contribution in [0.4, 0.5) is 0 Å². The van der Waals surface area contributed by atoms with Crippen molar-refractivity contribution in [3.63, 3.8) is 0 Å². The number of aryl methyl sites for hydroxylation is 1. The zero-order valence-corrected chi connectivity index (χ0v) is 20.5. The minimum atomic E-state index is -3.45. The summed E-state index contributed by atoms with van der Waals surface area (Å²) in [6.07, 6.45) is 3.31. The molecule has 0 atom stereocenters. The zero-order valence-electron chi connectivity index (χ0n) is 18.8. The number of amides is 1. The Bertz CT molecular complexity index is 1290. The van der Waals surface area contributed by atoms with Crippen molar-refractivity contribution in [2.24, 2.45) is 4.99 Å². The lowest BCUT2D eigenvalue weighted by atomic mass is 10.1. The van der Waals surface area contributed by atoms with Gasteiger partial charge in [-0.1, -0.05) is 48.9 Å². The number of sulfone groups is 1. The highest BCUT2D eigenvalue weighted by Crippen LogP contribution is 2.21. The summed E-state index contributed by atoms with van der Waals surface area (Å²) in [7, 11) is -2.13. The summed E-state index contributed by atoms with van der Waals surface area (Å²) in [6.45, 7) is 2.08. The average Bonchev–Trinajstić information content (AvgIpc) is 3.13. The molecule has 0 radical (unpaired) electrons. The van der Waals surface area contributed by atoms with Gasteiger partial charge in [0.1, 0.15) is 6.54 Å². The van der Waals surface area contributed by atoms with Gasteiger partial charge in [-0.3, -0.25) is 9.59 Å². The summed E-state index contributed by atoms with van der Waals surface area (Å²) >= 11 is 1.34. The molecule has 0 unspecified atom stereocenters. The highest BCUT2D eigenvalue weighted by Gasteiger charge is 2.15. The van der Waals surface area contributed by atoms with Crippen LogP contribution >= 0.6 is 11.3 Å². The smallest absolute Gasteiger partial charge is 0.325 e. The minimum Gasteiger partial charge on any atom is -0.468 e. The van der Waals surface area contributed by atoms with Crippen LogP contribution in [0.25, 0.3) is 10.2 Å². The van der Waals surface area contributed by atoms with Gasteiger partial charge >= 0.3 is 5.97 Å². The number of benzene rings is 2. The molecule has 0 saturated carbocycles. The van der Waals surface area contributed by atoms with Crippen molar-refractivity contribution in [3.05, 3.63) is 58.9 Å². The number of hydrogen-bond acceptors (Lipinski definition) is 6. The van der Waals surface area contributed by atoms with Crippen molar-refractivity contribution in [2.75, 3.05) is 12.9 Å². The quantitative estimate of drug-likeness (QED) is 0.404. The molecule has 0 fully saturated rings. The number of aromatic nitrogens is 1. The van der Waals surface area contributed by atoms with Gasteiger partial charge in [0.15, 0.2) is 14.6 Å². The largest absolute Gasteiger partial charge is 0.468 e. The van der Waals surface area contributed by atoms with Crippen molar-refractivity contribution in [1.29, 1.82) is 0 Å². The first-order chi connectivity index (χ1) is 15.8. The maximum absolute atomic E-state index is 12.5. The van der Waals surface area contributed by atoms with Crippen LogP contribution in [0.3, 0.4) is 0 Å². The molecule has 7 nitrogen and oxygen atoms in total. The Balaban J connectivity index is 1.81.